The zero-order valence-electron chi connectivity index (χ0n) is 16.8. The van der Waals surface area contributed by atoms with Crippen LogP contribution in [0.2, 0.25) is 0 Å². The third kappa shape index (κ3) is 4.39. The monoisotopic (exact) mass is 411 g/mol. The molecule has 1 saturated carbocycles. The molecule has 1 atom stereocenters. The lowest BCUT2D eigenvalue weighted by Crippen LogP contribution is -2.39. The first kappa shape index (κ1) is 21.2. The Morgan fingerprint density at radius 1 is 1.25 bits per heavy atom. The van der Waals surface area contributed by atoms with Crippen molar-refractivity contribution in [2.24, 2.45) is 0 Å². The lowest BCUT2D eigenvalue weighted by Gasteiger charge is -2.23. The van der Waals surface area contributed by atoms with E-state index in [0.29, 0.717) is 6.04 Å². The summed E-state index contributed by atoms with van der Waals surface area (Å²) in [5.74, 6) is -1.27. The minimum Gasteiger partial charge on any atom is -0.348 e. The summed E-state index contributed by atoms with van der Waals surface area (Å²) in [5.41, 5.74) is -0.224. The summed E-state index contributed by atoms with van der Waals surface area (Å²) in [6.07, 6.45) is 5.76. The van der Waals surface area contributed by atoms with E-state index < -0.39 is 21.7 Å². The molecule has 0 spiro atoms. The molecule has 1 aliphatic carbocycles. The third-order valence-electron chi connectivity index (χ3n) is 5.98. The number of sulfonamides is 1. The van der Waals surface area contributed by atoms with Gasteiger partial charge in [0, 0.05) is 38.3 Å². The van der Waals surface area contributed by atoms with Crippen molar-refractivity contribution in [2.45, 2.75) is 69.0 Å². The number of nitrogens with zero attached hydrogens (tertiary/aromatic N) is 2. The first-order valence-electron chi connectivity index (χ1n) is 10.0. The van der Waals surface area contributed by atoms with E-state index in [9.17, 15) is 17.6 Å². The Labute approximate surface area is 167 Å². The van der Waals surface area contributed by atoms with Crippen LogP contribution in [0.3, 0.4) is 0 Å². The Balaban J connectivity index is 1.72. The Bertz CT molecular complexity index is 822. The highest BCUT2D eigenvalue weighted by molar-refractivity contribution is 7.89. The fourth-order valence-corrected chi connectivity index (χ4v) is 5.45. The van der Waals surface area contributed by atoms with E-state index in [1.165, 1.54) is 43.1 Å². The maximum absolute atomic E-state index is 14.3. The highest BCUT2D eigenvalue weighted by Gasteiger charge is 2.31. The number of hydrogen-bond donors (Lipinski definition) is 1. The summed E-state index contributed by atoms with van der Waals surface area (Å²) in [6.45, 7) is 5.22. The van der Waals surface area contributed by atoms with Crippen LogP contribution in [0.5, 0.6) is 0 Å². The molecule has 1 amide bonds. The number of carbonyl (C=O) groups excluding carboxylic acids is 1. The number of benzene rings is 1. The van der Waals surface area contributed by atoms with E-state index in [2.05, 4.69) is 10.2 Å². The van der Waals surface area contributed by atoms with Gasteiger partial charge < -0.3 is 5.32 Å². The van der Waals surface area contributed by atoms with Gasteiger partial charge in [0.05, 0.1) is 10.5 Å². The zero-order chi connectivity index (χ0) is 20.5. The van der Waals surface area contributed by atoms with Gasteiger partial charge in [-0.2, -0.15) is 4.31 Å². The lowest BCUT2D eigenvalue weighted by atomic mass is 10.1. The predicted octanol–water partition coefficient (Wildman–Crippen LogP) is 2.60. The van der Waals surface area contributed by atoms with Crippen molar-refractivity contribution in [3.8, 4) is 0 Å². The fourth-order valence-electron chi connectivity index (χ4n) is 4.05. The lowest BCUT2D eigenvalue weighted by molar-refractivity contribution is 0.0932. The van der Waals surface area contributed by atoms with Gasteiger partial charge in [0.25, 0.3) is 5.91 Å². The van der Waals surface area contributed by atoms with Gasteiger partial charge in [0.2, 0.25) is 10.0 Å². The molecule has 28 heavy (non-hydrogen) atoms. The number of amides is 1. The molecule has 1 aliphatic heterocycles. The number of carbonyl (C=O) groups is 1. The van der Waals surface area contributed by atoms with Crippen LogP contribution in [-0.4, -0.2) is 61.8 Å². The molecule has 1 heterocycles. The second-order valence-electron chi connectivity index (χ2n) is 8.15. The quantitative estimate of drug-likeness (QED) is 0.781. The second-order valence-corrected chi connectivity index (χ2v) is 10.1. The Morgan fingerprint density at radius 3 is 2.57 bits per heavy atom. The molecule has 1 saturated heterocycles. The van der Waals surface area contributed by atoms with Gasteiger partial charge in [-0.1, -0.05) is 12.8 Å². The number of rotatable bonds is 6. The molecular weight excluding hydrogens is 381 g/mol. The number of hydrogen-bond acceptors (Lipinski definition) is 4. The van der Waals surface area contributed by atoms with E-state index in [1.807, 2.05) is 0 Å². The first-order chi connectivity index (χ1) is 13.2. The van der Waals surface area contributed by atoms with Crippen LogP contribution in [0.15, 0.2) is 23.1 Å². The number of nitrogens with one attached hydrogen (secondary N) is 1. The molecule has 0 radical (unpaired) electrons. The normalized spacial score (nSPS) is 21.7. The number of halogens is 1. The molecule has 2 fully saturated rings. The van der Waals surface area contributed by atoms with Gasteiger partial charge in [0.15, 0.2) is 0 Å². The van der Waals surface area contributed by atoms with Gasteiger partial charge in [-0.3, -0.25) is 9.69 Å². The molecule has 1 aromatic rings. The smallest absolute Gasteiger partial charge is 0.254 e. The zero-order valence-corrected chi connectivity index (χ0v) is 17.6. The van der Waals surface area contributed by atoms with Crippen molar-refractivity contribution in [1.82, 2.24) is 14.5 Å². The summed E-state index contributed by atoms with van der Waals surface area (Å²) < 4.78 is 40.8. The van der Waals surface area contributed by atoms with Crippen LogP contribution in [-0.2, 0) is 10.0 Å². The molecule has 3 rings (SSSR count). The van der Waals surface area contributed by atoms with Crippen molar-refractivity contribution in [2.75, 3.05) is 20.1 Å². The van der Waals surface area contributed by atoms with Crippen molar-refractivity contribution in [3.63, 3.8) is 0 Å². The van der Waals surface area contributed by atoms with Crippen LogP contribution in [0, 0.1) is 5.82 Å². The average molecular weight is 412 g/mol. The average Bonchev–Trinajstić information content (AvgIpc) is 3.32. The molecule has 0 bridgehead atoms. The van der Waals surface area contributed by atoms with Crippen molar-refractivity contribution in [3.05, 3.63) is 29.6 Å². The van der Waals surface area contributed by atoms with Crippen LogP contribution in [0.4, 0.5) is 4.39 Å². The predicted molar refractivity (Wildman–Crippen MR) is 106 cm³/mol. The summed E-state index contributed by atoms with van der Waals surface area (Å²) in [4.78, 5) is 15.0. The van der Waals surface area contributed by atoms with Gasteiger partial charge >= 0.3 is 0 Å². The van der Waals surface area contributed by atoms with Gasteiger partial charge in [-0.05, 0) is 51.3 Å². The Morgan fingerprint density at radius 2 is 1.93 bits per heavy atom. The highest BCUT2D eigenvalue weighted by Crippen LogP contribution is 2.27. The summed E-state index contributed by atoms with van der Waals surface area (Å²) in [5, 5.41) is 2.89. The van der Waals surface area contributed by atoms with Gasteiger partial charge in [0.1, 0.15) is 5.82 Å². The number of likely N-dealkylation sites (tertiary alicyclic amines) is 1. The summed E-state index contributed by atoms with van der Waals surface area (Å²) >= 11 is 0. The largest absolute Gasteiger partial charge is 0.348 e. The minimum absolute atomic E-state index is 0.0360. The Hall–Kier alpha value is -1.51. The fraction of sp³-hybridized carbons (Fsp3) is 0.650. The van der Waals surface area contributed by atoms with Crippen LogP contribution in [0.25, 0.3) is 0 Å². The molecule has 1 N–H and O–H groups in total. The van der Waals surface area contributed by atoms with E-state index in [0.717, 1.165) is 31.6 Å². The molecule has 156 valence electrons. The maximum atomic E-state index is 14.3. The van der Waals surface area contributed by atoms with Crippen molar-refractivity contribution < 1.29 is 17.6 Å². The van der Waals surface area contributed by atoms with Crippen LogP contribution < -0.4 is 5.32 Å². The molecule has 1 unspecified atom stereocenters. The highest BCUT2D eigenvalue weighted by atomic mass is 32.2. The van der Waals surface area contributed by atoms with E-state index >= 15 is 0 Å². The van der Waals surface area contributed by atoms with E-state index in [4.69, 9.17) is 0 Å². The van der Waals surface area contributed by atoms with E-state index in [1.54, 1.807) is 13.8 Å². The summed E-state index contributed by atoms with van der Waals surface area (Å²) in [6, 6.07) is 3.72. The molecule has 2 aliphatic rings. The van der Waals surface area contributed by atoms with Gasteiger partial charge in [-0.25, -0.2) is 12.8 Å². The molecule has 8 heteroatoms. The first-order valence-corrected chi connectivity index (χ1v) is 11.5. The molecular formula is C20H30FN3O3S. The third-order valence-corrected chi connectivity index (χ3v) is 8.01. The SMILES string of the molecule is CC(C)N(C)S(=O)(=O)c1ccc(F)c(C(=O)NC2CCN(C3CCCC3)C2)c1. The molecule has 0 aromatic heterocycles. The topological polar surface area (TPSA) is 69.7 Å². The van der Waals surface area contributed by atoms with E-state index in [-0.39, 0.29) is 22.5 Å². The standard InChI is InChI=1S/C20H30FN3O3S/c1-14(2)23(3)28(26,27)17-8-9-19(21)18(12-17)20(25)22-15-10-11-24(13-15)16-6-4-5-7-16/h8-9,12,14-16H,4-7,10-11,13H2,1-3H3,(H,22,25). The van der Waals surface area contributed by atoms with Crippen LogP contribution in [0.1, 0.15) is 56.3 Å². The van der Waals surface area contributed by atoms with Crippen LogP contribution >= 0.6 is 0 Å². The van der Waals surface area contributed by atoms with Crippen molar-refractivity contribution in [1.29, 1.82) is 0 Å². The van der Waals surface area contributed by atoms with Crippen molar-refractivity contribution >= 4 is 15.9 Å². The van der Waals surface area contributed by atoms with Gasteiger partial charge in [-0.15, -0.1) is 0 Å². The minimum atomic E-state index is -3.78. The molecule has 1 aromatic carbocycles. The Kier molecular flexibility index (Phi) is 6.41. The maximum Gasteiger partial charge on any atom is 0.254 e. The second kappa shape index (κ2) is 8.47. The summed E-state index contributed by atoms with van der Waals surface area (Å²) in [7, 11) is -2.31. The molecule has 6 nitrogen and oxygen atoms in total.